The zero-order chi connectivity index (χ0) is 30.2. The number of amides is 1. The molecule has 230 valence electrons. The highest BCUT2D eigenvalue weighted by Crippen LogP contribution is 2.35. The van der Waals surface area contributed by atoms with E-state index in [-0.39, 0.29) is 11.9 Å². The van der Waals surface area contributed by atoms with Crippen LogP contribution in [0, 0.1) is 5.92 Å². The standard InChI is InChI=1S/C30H43N5O7/c1-4-40-23-11-10-19(15-24(23)41-13-7-12-32-21(28(31)39)14-18(2)3)16-33-30-34-20-8-5-6-9-22(20)35(30)29-27(38)26(37)25(17-36)42-29/h5-6,8-11,15,18,21,25-27,29,32,36-38H,4,7,12-14,16-17H2,1-3H3,(H2,31,39)(H,33,34)/t21-,25+,26+,27+,29+/m0/s1. The molecule has 0 unspecified atom stereocenters. The molecule has 3 aromatic rings. The Morgan fingerprint density at radius 3 is 2.62 bits per heavy atom. The van der Waals surface area contributed by atoms with Gasteiger partial charge in [-0.2, -0.15) is 0 Å². The summed E-state index contributed by atoms with van der Waals surface area (Å²) in [5.41, 5.74) is 7.82. The van der Waals surface area contributed by atoms with Crippen molar-refractivity contribution >= 4 is 22.9 Å². The molecule has 12 nitrogen and oxygen atoms in total. The van der Waals surface area contributed by atoms with Crippen LogP contribution in [-0.4, -0.2) is 81.5 Å². The van der Waals surface area contributed by atoms with Crippen molar-refractivity contribution in [3.05, 3.63) is 48.0 Å². The summed E-state index contributed by atoms with van der Waals surface area (Å²) in [5.74, 6) is 1.67. The normalized spacial score (nSPS) is 21.1. The van der Waals surface area contributed by atoms with Crippen LogP contribution in [0.1, 0.15) is 45.4 Å². The first-order valence-electron chi connectivity index (χ1n) is 14.5. The van der Waals surface area contributed by atoms with Crippen molar-refractivity contribution in [2.24, 2.45) is 11.7 Å². The number of carbonyl (C=O) groups is 1. The molecule has 1 aromatic heterocycles. The molecule has 42 heavy (non-hydrogen) atoms. The first-order valence-corrected chi connectivity index (χ1v) is 14.5. The number of aliphatic hydroxyl groups excluding tert-OH is 3. The molecule has 12 heteroatoms. The summed E-state index contributed by atoms with van der Waals surface area (Å²) in [7, 11) is 0. The first-order chi connectivity index (χ1) is 20.2. The van der Waals surface area contributed by atoms with Crippen LogP contribution >= 0.6 is 0 Å². The van der Waals surface area contributed by atoms with Gasteiger partial charge < -0.3 is 45.9 Å². The average Bonchev–Trinajstić information content (AvgIpc) is 3.47. The number of nitrogens with one attached hydrogen (secondary N) is 2. The van der Waals surface area contributed by atoms with Crippen LogP contribution in [0.4, 0.5) is 5.95 Å². The zero-order valence-electron chi connectivity index (χ0n) is 24.4. The number of fused-ring (bicyclic) bond motifs is 1. The Morgan fingerprint density at radius 2 is 1.93 bits per heavy atom. The number of nitrogens with zero attached hydrogens (tertiary/aromatic N) is 2. The number of carbonyl (C=O) groups excluding carboxylic acids is 1. The van der Waals surface area contributed by atoms with Crippen LogP contribution in [0.2, 0.25) is 0 Å². The minimum absolute atomic E-state index is 0.352. The van der Waals surface area contributed by atoms with E-state index in [0.29, 0.717) is 73.5 Å². The minimum atomic E-state index is -1.25. The topological polar surface area (TPSA) is 173 Å². The molecule has 0 aliphatic carbocycles. The number of hydrogen-bond acceptors (Lipinski definition) is 10. The monoisotopic (exact) mass is 585 g/mol. The maximum atomic E-state index is 11.7. The smallest absolute Gasteiger partial charge is 0.234 e. The maximum absolute atomic E-state index is 11.7. The van der Waals surface area contributed by atoms with E-state index in [1.807, 2.05) is 49.4 Å². The van der Waals surface area contributed by atoms with Gasteiger partial charge in [0, 0.05) is 6.54 Å². The number of hydrogen-bond donors (Lipinski definition) is 6. The van der Waals surface area contributed by atoms with E-state index in [4.69, 9.17) is 19.9 Å². The van der Waals surface area contributed by atoms with Crippen molar-refractivity contribution in [2.45, 2.75) is 70.7 Å². The minimum Gasteiger partial charge on any atom is -0.490 e. The predicted molar refractivity (Wildman–Crippen MR) is 158 cm³/mol. The lowest BCUT2D eigenvalue weighted by molar-refractivity contribution is -0.120. The fraction of sp³-hybridized carbons (Fsp3) is 0.533. The van der Waals surface area contributed by atoms with E-state index < -0.39 is 31.1 Å². The van der Waals surface area contributed by atoms with Gasteiger partial charge in [-0.25, -0.2) is 4.98 Å². The molecule has 1 saturated heterocycles. The first kappa shape index (κ1) is 31.5. The summed E-state index contributed by atoms with van der Waals surface area (Å²) in [6, 6.07) is 12.7. The van der Waals surface area contributed by atoms with Crippen LogP contribution in [0.5, 0.6) is 11.5 Å². The number of rotatable bonds is 16. The predicted octanol–water partition coefficient (Wildman–Crippen LogP) is 1.92. The van der Waals surface area contributed by atoms with E-state index in [2.05, 4.69) is 29.5 Å². The number of aromatic nitrogens is 2. The van der Waals surface area contributed by atoms with Crippen molar-refractivity contribution in [1.29, 1.82) is 0 Å². The second kappa shape index (κ2) is 14.7. The fourth-order valence-corrected chi connectivity index (χ4v) is 5.05. The fourth-order valence-electron chi connectivity index (χ4n) is 5.05. The molecule has 0 spiro atoms. The Bertz CT molecular complexity index is 1320. The van der Waals surface area contributed by atoms with Crippen LogP contribution in [0.3, 0.4) is 0 Å². The van der Waals surface area contributed by atoms with E-state index in [0.717, 1.165) is 5.56 Å². The molecule has 2 aromatic carbocycles. The van der Waals surface area contributed by atoms with Crippen molar-refractivity contribution in [1.82, 2.24) is 14.9 Å². The van der Waals surface area contributed by atoms with Gasteiger partial charge in [0.15, 0.2) is 17.7 Å². The number of nitrogens with two attached hydrogens (primary N) is 1. The van der Waals surface area contributed by atoms with Gasteiger partial charge >= 0.3 is 0 Å². The third-order valence-electron chi connectivity index (χ3n) is 7.15. The van der Waals surface area contributed by atoms with E-state index >= 15 is 0 Å². The average molecular weight is 586 g/mol. The number of benzene rings is 2. The van der Waals surface area contributed by atoms with Crippen molar-refractivity contribution < 1.29 is 34.3 Å². The van der Waals surface area contributed by atoms with Gasteiger partial charge in [0.05, 0.1) is 36.9 Å². The lowest BCUT2D eigenvalue weighted by Gasteiger charge is -2.20. The molecule has 0 bridgehead atoms. The summed E-state index contributed by atoms with van der Waals surface area (Å²) in [6.45, 7) is 7.45. The van der Waals surface area contributed by atoms with Gasteiger partial charge in [0.25, 0.3) is 0 Å². The molecule has 1 amide bonds. The highest BCUT2D eigenvalue weighted by molar-refractivity contribution is 5.80. The Balaban J connectivity index is 1.44. The van der Waals surface area contributed by atoms with Crippen LogP contribution in [0.15, 0.2) is 42.5 Å². The van der Waals surface area contributed by atoms with Crippen LogP contribution < -0.4 is 25.8 Å². The summed E-state index contributed by atoms with van der Waals surface area (Å²) in [5, 5.41) is 37.2. The number of anilines is 1. The molecular weight excluding hydrogens is 542 g/mol. The number of ether oxygens (including phenoxy) is 3. The lowest BCUT2D eigenvalue weighted by Crippen LogP contribution is -2.42. The van der Waals surface area contributed by atoms with E-state index in [1.54, 1.807) is 4.57 Å². The number of aliphatic hydroxyl groups is 3. The summed E-state index contributed by atoms with van der Waals surface area (Å²) in [6.07, 6.45) is -2.96. The molecule has 0 radical (unpaired) electrons. The van der Waals surface area contributed by atoms with Gasteiger partial charge in [-0.05, 0) is 62.1 Å². The third-order valence-corrected chi connectivity index (χ3v) is 7.15. The summed E-state index contributed by atoms with van der Waals surface area (Å²) >= 11 is 0. The molecule has 7 N–H and O–H groups in total. The Labute approximate surface area is 245 Å². The number of primary amides is 1. The largest absolute Gasteiger partial charge is 0.490 e. The summed E-state index contributed by atoms with van der Waals surface area (Å²) in [4.78, 5) is 16.4. The molecular formula is C30H43N5O7. The third kappa shape index (κ3) is 7.50. The SMILES string of the molecule is CCOc1ccc(CNc2nc3ccccc3n2[C@@H]2O[C@H](CO)[C@@H](O)[C@H]2O)cc1OCCCN[C@@H](CC(C)C)C(N)=O. The van der Waals surface area contributed by atoms with E-state index in [1.165, 1.54) is 0 Å². The van der Waals surface area contributed by atoms with Crippen LogP contribution in [-0.2, 0) is 16.1 Å². The van der Waals surface area contributed by atoms with Gasteiger partial charge in [-0.1, -0.05) is 32.0 Å². The second-order valence-corrected chi connectivity index (χ2v) is 10.8. The molecule has 0 saturated carbocycles. The highest BCUT2D eigenvalue weighted by Gasteiger charge is 2.44. The number of imidazole rings is 1. The second-order valence-electron chi connectivity index (χ2n) is 10.8. The van der Waals surface area contributed by atoms with Crippen LogP contribution in [0.25, 0.3) is 11.0 Å². The van der Waals surface area contributed by atoms with Gasteiger partial charge in [-0.3, -0.25) is 9.36 Å². The molecule has 5 atom stereocenters. The Morgan fingerprint density at radius 1 is 1.14 bits per heavy atom. The van der Waals surface area contributed by atoms with Crippen molar-refractivity contribution in [3.63, 3.8) is 0 Å². The zero-order valence-corrected chi connectivity index (χ0v) is 24.4. The van der Waals surface area contributed by atoms with Crippen molar-refractivity contribution in [2.75, 3.05) is 31.7 Å². The molecule has 1 fully saturated rings. The summed E-state index contributed by atoms with van der Waals surface area (Å²) < 4.78 is 19.4. The molecule has 2 heterocycles. The van der Waals surface area contributed by atoms with Gasteiger partial charge in [-0.15, -0.1) is 0 Å². The molecule has 1 aliphatic heterocycles. The van der Waals surface area contributed by atoms with Gasteiger partial charge in [0.1, 0.15) is 18.3 Å². The highest BCUT2D eigenvalue weighted by atomic mass is 16.6. The van der Waals surface area contributed by atoms with Gasteiger partial charge in [0.2, 0.25) is 11.9 Å². The Kier molecular flexibility index (Phi) is 11.0. The molecule has 1 aliphatic rings. The quantitative estimate of drug-likeness (QED) is 0.136. The van der Waals surface area contributed by atoms with E-state index in [9.17, 15) is 20.1 Å². The van der Waals surface area contributed by atoms with Crippen molar-refractivity contribution in [3.8, 4) is 11.5 Å². The molecule has 4 rings (SSSR count). The maximum Gasteiger partial charge on any atom is 0.234 e. The lowest BCUT2D eigenvalue weighted by atomic mass is 10.0. The Hall–Kier alpha value is -3.42. The number of para-hydroxylation sites is 2.